The van der Waals surface area contributed by atoms with Crippen molar-refractivity contribution in [3.8, 4) is 11.3 Å². The summed E-state index contributed by atoms with van der Waals surface area (Å²) < 4.78 is 18.8. The number of ether oxygens (including phenoxy) is 1. The van der Waals surface area contributed by atoms with Gasteiger partial charge >= 0.3 is 0 Å². The first-order valence-corrected chi connectivity index (χ1v) is 10.0. The van der Waals surface area contributed by atoms with Crippen molar-refractivity contribution in [3.63, 3.8) is 0 Å². The van der Waals surface area contributed by atoms with E-state index in [4.69, 9.17) is 4.74 Å². The number of aromatic nitrogens is 2. The van der Waals surface area contributed by atoms with Gasteiger partial charge in [-0.3, -0.25) is 0 Å². The molecule has 5 nitrogen and oxygen atoms in total. The Bertz CT molecular complexity index is 912. The quantitative estimate of drug-likeness (QED) is 0.590. The lowest BCUT2D eigenvalue weighted by atomic mass is 10.1. The minimum Gasteiger partial charge on any atom is -0.376 e. The number of benzene rings is 2. The molecule has 0 bridgehead atoms. The fourth-order valence-corrected chi connectivity index (χ4v) is 3.37. The molecule has 6 heteroatoms. The van der Waals surface area contributed by atoms with Crippen LogP contribution in [0.4, 0.5) is 16.2 Å². The van der Waals surface area contributed by atoms with Crippen LogP contribution < -0.4 is 10.6 Å². The lowest BCUT2D eigenvalue weighted by Crippen LogP contribution is -2.19. The molecule has 150 valence electrons. The SMILES string of the molecule is Fc1ccc(CCNc2nc(NCC3CCCO3)cc(-c3ccccc3)n2)cc1. The fraction of sp³-hybridized carbons (Fsp3) is 0.304. The molecular formula is C23H25FN4O. The van der Waals surface area contributed by atoms with Crippen LogP contribution in [0.25, 0.3) is 11.3 Å². The van der Waals surface area contributed by atoms with Crippen molar-refractivity contribution in [1.29, 1.82) is 0 Å². The highest BCUT2D eigenvalue weighted by Gasteiger charge is 2.15. The van der Waals surface area contributed by atoms with Crippen molar-refractivity contribution < 1.29 is 9.13 Å². The van der Waals surface area contributed by atoms with E-state index < -0.39 is 0 Å². The van der Waals surface area contributed by atoms with Crippen LogP contribution in [-0.2, 0) is 11.2 Å². The van der Waals surface area contributed by atoms with Crippen LogP contribution in [0.1, 0.15) is 18.4 Å². The van der Waals surface area contributed by atoms with Crippen LogP contribution in [0, 0.1) is 5.82 Å². The van der Waals surface area contributed by atoms with E-state index in [0.29, 0.717) is 12.5 Å². The molecule has 1 aromatic heterocycles. The summed E-state index contributed by atoms with van der Waals surface area (Å²) in [5, 5.41) is 6.69. The summed E-state index contributed by atoms with van der Waals surface area (Å²) in [6.45, 7) is 2.23. The highest BCUT2D eigenvalue weighted by atomic mass is 19.1. The molecule has 1 unspecified atom stereocenters. The first-order chi connectivity index (χ1) is 14.3. The van der Waals surface area contributed by atoms with Crippen molar-refractivity contribution in [1.82, 2.24) is 9.97 Å². The van der Waals surface area contributed by atoms with Gasteiger partial charge in [-0.25, -0.2) is 9.37 Å². The number of hydrogen-bond donors (Lipinski definition) is 2. The smallest absolute Gasteiger partial charge is 0.225 e. The molecule has 1 aliphatic rings. The van der Waals surface area contributed by atoms with Gasteiger partial charge in [-0.15, -0.1) is 0 Å². The molecule has 1 atom stereocenters. The molecule has 1 saturated heterocycles. The highest BCUT2D eigenvalue weighted by Crippen LogP contribution is 2.22. The summed E-state index contributed by atoms with van der Waals surface area (Å²) in [7, 11) is 0. The standard InChI is InChI=1S/C23H25FN4O/c24-19-10-8-17(9-11-19)12-13-25-23-27-21(18-5-2-1-3-6-18)15-22(28-23)26-16-20-7-4-14-29-20/h1-3,5-6,8-11,15,20H,4,7,12-14,16H2,(H2,25,26,27,28). The van der Waals surface area contributed by atoms with Gasteiger partial charge in [-0.1, -0.05) is 42.5 Å². The van der Waals surface area contributed by atoms with Gasteiger partial charge in [-0.2, -0.15) is 4.98 Å². The van der Waals surface area contributed by atoms with Crippen LogP contribution in [0.3, 0.4) is 0 Å². The molecule has 0 saturated carbocycles. The van der Waals surface area contributed by atoms with E-state index >= 15 is 0 Å². The van der Waals surface area contributed by atoms with Crippen molar-refractivity contribution in [2.45, 2.75) is 25.4 Å². The predicted molar refractivity (Wildman–Crippen MR) is 114 cm³/mol. The molecule has 2 N–H and O–H groups in total. The number of nitrogens with zero attached hydrogens (tertiary/aromatic N) is 2. The molecule has 4 rings (SSSR count). The topological polar surface area (TPSA) is 59.1 Å². The Labute approximate surface area is 170 Å². The van der Waals surface area contributed by atoms with Gasteiger partial charge in [-0.05, 0) is 37.0 Å². The van der Waals surface area contributed by atoms with Gasteiger partial charge in [0.25, 0.3) is 0 Å². The predicted octanol–water partition coefficient (Wildman–Crippen LogP) is 4.53. The lowest BCUT2D eigenvalue weighted by molar-refractivity contribution is 0.120. The zero-order chi connectivity index (χ0) is 19.9. The first-order valence-electron chi connectivity index (χ1n) is 10.0. The third-order valence-corrected chi connectivity index (χ3v) is 4.94. The zero-order valence-electron chi connectivity index (χ0n) is 16.3. The molecule has 2 heterocycles. The molecule has 1 fully saturated rings. The third-order valence-electron chi connectivity index (χ3n) is 4.94. The van der Waals surface area contributed by atoms with Gasteiger partial charge in [0.05, 0.1) is 11.8 Å². The second-order valence-electron chi connectivity index (χ2n) is 7.15. The summed E-state index contributed by atoms with van der Waals surface area (Å²) in [5.74, 6) is 1.13. The van der Waals surface area contributed by atoms with Crippen LogP contribution in [0.15, 0.2) is 60.7 Å². The van der Waals surface area contributed by atoms with E-state index in [0.717, 1.165) is 55.1 Å². The molecule has 2 aromatic carbocycles. The lowest BCUT2D eigenvalue weighted by Gasteiger charge is -2.14. The molecule has 0 aliphatic carbocycles. The number of hydrogen-bond acceptors (Lipinski definition) is 5. The maximum atomic E-state index is 13.1. The highest BCUT2D eigenvalue weighted by molar-refractivity contribution is 5.64. The van der Waals surface area contributed by atoms with E-state index in [2.05, 4.69) is 20.6 Å². The Kier molecular flexibility index (Phi) is 6.32. The Hall–Kier alpha value is -2.99. The molecule has 1 aliphatic heterocycles. The van der Waals surface area contributed by atoms with Crippen molar-refractivity contribution in [2.75, 3.05) is 30.3 Å². The van der Waals surface area contributed by atoms with Crippen LogP contribution in [0.5, 0.6) is 0 Å². The zero-order valence-corrected chi connectivity index (χ0v) is 16.3. The Morgan fingerprint density at radius 3 is 2.59 bits per heavy atom. The number of rotatable bonds is 8. The van der Waals surface area contributed by atoms with Crippen molar-refractivity contribution in [3.05, 3.63) is 72.0 Å². The number of anilines is 2. The monoisotopic (exact) mass is 392 g/mol. The van der Waals surface area contributed by atoms with E-state index in [1.165, 1.54) is 12.1 Å². The van der Waals surface area contributed by atoms with Gasteiger partial charge in [0.2, 0.25) is 5.95 Å². The number of halogens is 1. The average molecular weight is 392 g/mol. The second-order valence-corrected chi connectivity index (χ2v) is 7.15. The van der Waals surface area contributed by atoms with Gasteiger partial charge in [0, 0.05) is 31.3 Å². The van der Waals surface area contributed by atoms with E-state index in [-0.39, 0.29) is 11.9 Å². The minimum atomic E-state index is -0.220. The third kappa shape index (κ3) is 5.51. The summed E-state index contributed by atoms with van der Waals surface area (Å²) in [5.41, 5.74) is 2.96. The summed E-state index contributed by atoms with van der Waals surface area (Å²) >= 11 is 0. The largest absolute Gasteiger partial charge is 0.376 e. The maximum Gasteiger partial charge on any atom is 0.225 e. The van der Waals surface area contributed by atoms with Gasteiger partial charge in [0.15, 0.2) is 0 Å². The fourth-order valence-electron chi connectivity index (χ4n) is 3.37. The second kappa shape index (κ2) is 9.47. The van der Waals surface area contributed by atoms with E-state index in [1.54, 1.807) is 12.1 Å². The number of nitrogens with one attached hydrogen (secondary N) is 2. The van der Waals surface area contributed by atoms with Crippen LogP contribution in [0.2, 0.25) is 0 Å². The van der Waals surface area contributed by atoms with Crippen molar-refractivity contribution >= 4 is 11.8 Å². The molecule has 0 radical (unpaired) electrons. The first kappa shape index (κ1) is 19.3. The minimum absolute atomic E-state index is 0.220. The Morgan fingerprint density at radius 2 is 1.83 bits per heavy atom. The summed E-state index contributed by atoms with van der Waals surface area (Å²) in [4.78, 5) is 9.29. The molecule has 29 heavy (non-hydrogen) atoms. The van der Waals surface area contributed by atoms with Gasteiger partial charge in [0.1, 0.15) is 11.6 Å². The molecule has 0 spiro atoms. The summed E-state index contributed by atoms with van der Waals surface area (Å²) in [6, 6.07) is 18.6. The average Bonchev–Trinajstić information content (AvgIpc) is 3.28. The van der Waals surface area contributed by atoms with Gasteiger partial charge < -0.3 is 15.4 Å². The maximum absolute atomic E-state index is 13.1. The van der Waals surface area contributed by atoms with E-state index in [1.807, 2.05) is 36.4 Å². The summed E-state index contributed by atoms with van der Waals surface area (Å²) in [6.07, 6.45) is 3.19. The Morgan fingerprint density at radius 1 is 1.00 bits per heavy atom. The van der Waals surface area contributed by atoms with Crippen LogP contribution in [-0.4, -0.2) is 35.8 Å². The van der Waals surface area contributed by atoms with Crippen molar-refractivity contribution in [2.24, 2.45) is 0 Å². The molecule has 0 amide bonds. The Balaban J connectivity index is 1.46. The molecular weight excluding hydrogens is 367 g/mol. The molecule has 3 aromatic rings. The normalized spacial score (nSPS) is 16.0. The van der Waals surface area contributed by atoms with E-state index in [9.17, 15) is 4.39 Å². The van der Waals surface area contributed by atoms with Crippen LogP contribution >= 0.6 is 0 Å².